The van der Waals surface area contributed by atoms with Crippen LogP contribution in [0.5, 0.6) is 0 Å². The molecule has 1 aromatic heterocycles. The predicted molar refractivity (Wildman–Crippen MR) is 59.5 cm³/mol. The molecule has 4 nitrogen and oxygen atoms in total. The fourth-order valence-corrected chi connectivity index (χ4v) is 1.44. The molecule has 1 rings (SSSR count). The Kier molecular flexibility index (Phi) is 3.95. The summed E-state index contributed by atoms with van der Waals surface area (Å²) in [5.41, 5.74) is -1.51. The largest absolute Gasteiger partial charge is 0.417 e. The van der Waals surface area contributed by atoms with Gasteiger partial charge in [0.1, 0.15) is 0 Å². The van der Waals surface area contributed by atoms with E-state index in [1.54, 1.807) is 13.8 Å². The standard InChI is InChI=1S/C11H14F3N3O/c1-6(2)17(15)10(18)9-7(3)16-5-4-8(9)11(12,13)14/h4-6H,15H2,1-3H3. The minimum Gasteiger partial charge on any atom is -0.274 e. The highest BCUT2D eigenvalue weighted by Gasteiger charge is 2.37. The molecule has 1 heterocycles. The Bertz CT molecular complexity index is 457. The van der Waals surface area contributed by atoms with Gasteiger partial charge in [-0.3, -0.25) is 14.8 Å². The van der Waals surface area contributed by atoms with Gasteiger partial charge in [0.25, 0.3) is 5.91 Å². The van der Waals surface area contributed by atoms with E-state index in [0.717, 1.165) is 17.3 Å². The van der Waals surface area contributed by atoms with E-state index in [9.17, 15) is 18.0 Å². The Hall–Kier alpha value is -1.63. The van der Waals surface area contributed by atoms with Gasteiger partial charge in [-0.25, -0.2) is 5.84 Å². The third kappa shape index (κ3) is 2.79. The normalized spacial score (nSPS) is 11.8. The van der Waals surface area contributed by atoms with Crippen LogP contribution < -0.4 is 5.84 Å². The van der Waals surface area contributed by atoms with Crippen LogP contribution in [0, 0.1) is 6.92 Å². The second-order valence-electron chi connectivity index (χ2n) is 4.12. The van der Waals surface area contributed by atoms with E-state index in [1.807, 2.05) is 0 Å². The number of aryl methyl sites for hydroxylation is 1. The molecule has 0 spiro atoms. The Morgan fingerprint density at radius 2 is 2.00 bits per heavy atom. The number of pyridine rings is 1. The summed E-state index contributed by atoms with van der Waals surface area (Å²) in [7, 11) is 0. The Morgan fingerprint density at radius 1 is 1.44 bits per heavy atom. The molecule has 0 atom stereocenters. The molecular weight excluding hydrogens is 247 g/mol. The van der Waals surface area contributed by atoms with Crippen molar-refractivity contribution in [3.63, 3.8) is 0 Å². The number of aromatic nitrogens is 1. The smallest absolute Gasteiger partial charge is 0.274 e. The van der Waals surface area contributed by atoms with Crippen LogP contribution in [0.15, 0.2) is 12.3 Å². The van der Waals surface area contributed by atoms with Gasteiger partial charge < -0.3 is 0 Å². The predicted octanol–water partition coefficient (Wildman–Crippen LogP) is 2.13. The van der Waals surface area contributed by atoms with Crippen molar-refractivity contribution in [3.05, 3.63) is 29.1 Å². The second kappa shape index (κ2) is 4.93. The molecule has 0 aliphatic rings. The van der Waals surface area contributed by atoms with E-state index in [2.05, 4.69) is 4.98 Å². The monoisotopic (exact) mass is 261 g/mol. The van der Waals surface area contributed by atoms with Crippen LogP contribution in [-0.4, -0.2) is 21.9 Å². The van der Waals surface area contributed by atoms with Crippen molar-refractivity contribution < 1.29 is 18.0 Å². The summed E-state index contributed by atoms with van der Waals surface area (Å²) in [6.07, 6.45) is -3.60. The van der Waals surface area contributed by atoms with E-state index in [4.69, 9.17) is 5.84 Å². The first-order valence-corrected chi connectivity index (χ1v) is 5.27. The van der Waals surface area contributed by atoms with Gasteiger partial charge in [0.2, 0.25) is 0 Å². The molecule has 2 N–H and O–H groups in total. The Balaban J connectivity index is 3.36. The van der Waals surface area contributed by atoms with E-state index in [0.29, 0.717) is 0 Å². The molecule has 0 aliphatic carbocycles. The molecule has 0 bridgehead atoms. The number of hydrogen-bond donors (Lipinski definition) is 1. The molecule has 0 unspecified atom stereocenters. The van der Waals surface area contributed by atoms with Crippen LogP contribution in [0.3, 0.4) is 0 Å². The van der Waals surface area contributed by atoms with E-state index in [1.165, 1.54) is 6.92 Å². The van der Waals surface area contributed by atoms with Crippen molar-refractivity contribution in [2.24, 2.45) is 5.84 Å². The van der Waals surface area contributed by atoms with E-state index >= 15 is 0 Å². The maximum Gasteiger partial charge on any atom is 0.417 e. The fraction of sp³-hybridized carbons (Fsp3) is 0.455. The number of nitrogens with zero attached hydrogens (tertiary/aromatic N) is 2. The SMILES string of the molecule is Cc1nccc(C(F)(F)F)c1C(=O)N(N)C(C)C. The summed E-state index contributed by atoms with van der Waals surface area (Å²) in [6.45, 7) is 4.56. The van der Waals surface area contributed by atoms with Crippen LogP contribution in [0.4, 0.5) is 13.2 Å². The minimum atomic E-state index is -4.61. The number of amides is 1. The summed E-state index contributed by atoms with van der Waals surface area (Å²) >= 11 is 0. The highest BCUT2D eigenvalue weighted by molar-refractivity contribution is 5.96. The maximum atomic E-state index is 12.8. The van der Waals surface area contributed by atoms with E-state index in [-0.39, 0.29) is 5.69 Å². The number of alkyl halides is 3. The summed E-state index contributed by atoms with van der Waals surface area (Å²) in [5.74, 6) is 4.58. The zero-order valence-electron chi connectivity index (χ0n) is 10.2. The number of hydrazine groups is 1. The molecular formula is C11H14F3N3O. The van der Waals surface area contributed by atoms with Crippen LogP contribution in [0.2, 0.25) is 0 Å². The first kappa shape index (κ1) is 14.4. The average Bonchev–Trinajstić information content (AvgIpc) is 2.25. The second-order valence-corrected chi connectivity index (χ2v) is 4.12. The molecule has 18 heavy (non-hydrogen) atoms. The molecule has 1 aromatic rings. The highest BCUT2D eigenvalue weighted by atomic mass is 19.4. The number of halogens is 3. The minimum absolute atomic E-state index is 0.00549. The van der Waals surface area contributed by atoms with Gasteiger partial charge in [0.05, 0.1) is 16.8 Å². The molecule has 0 saturated carbocycles. The average molecular weight is 261 g/mol. The highest BCUT2D eigenvalue weighted by Crippen LogP contribution is 2.33. The fourth-order valence-electron chi connectivity index (χ4n) is 1.44. The quantitative estimate of drug-likeness (QED) is 0.504. The first-order chi connectivity index (χ1) is 8.16. The topological polar surface area (TPSA) is 59.2 Å². The zero-order chi connectivity index (χ0) is 14.1. The van der Waals surface area contributed by atoms with Gasteiger partial charge in [-0.2, -0.15) is 13.2 Å². The van der Waals surface area contributed by atoms with Gasteiger partial charge in [-0.05, 0) is 26.8 Å². The number of carbonyl (C=O) groups excluding carboxylic acids is 1. The van der Waals surface area contributed by atoms with Crippen molar-refractivity contribution in [1.82, 2.24) is 9.99 Å². The summed E-state index contributed by atoms with van der Waals surface area (Å²) in [6, 6.07) is 0.368. The number of nitrogens with two attached hydrogens (primary N) is 1. The molecule has 0 radical (unpaired) electrons. The molecule has 0 saturated heterocycles. The molecule has 0 aromatic carbocycles. The van der Waals surface area contributed by atoms with Crippen molar-refractivity contribution >= 4 is 5.91 Å². The molecule has 100 valence electrons. The lowest BCUT2D eigenvalue weighted by Gasteiger charge is -2.23. The van der Waals surface area contributed by atoms with Crippen LogP contribution in [-0.2, 0) is 6.18 Å². The van der Waals surface area contributed by atoms with Crippen LogP contribution >= 0.6 is 0 Å². The number of rotatable bonds is 2. The summed E-state index contributed by atoms with van der Waals surface area (Å²) in [5, 5.41) is 0.763. The first-order valence-electron chi connectivity index (χ1n) is 5.27. The van der Waals surface area contributed by atoms with Gasteiger partial charge in [0.15, 0.2) is 0 Å². The summed E-state index contributed by atoms with van der Waals surface area (Å²) < 4.78 is 38.4. The van der Waals surface area contributed by atoms with Crippen LogP contribution in [0.25, 0.3) is 0 Å². The van der Waals surface area contributed by atoms with Crippen molar-refractivity contribution in [2.75, 3.05) is 0 Å². The Morgan fingerprint density at radius 3 is 2.44 bits per heavy atom. The van der Waals surface area contributed by atoms with Gasteiger partial charge in [0, 0.05) is 12.2 Å². The lowest BCUT2D eigenvalue weighted by molar-refractivity contribution is -0.138. The third-order valence-corrected chi connectivity index (χ3v) is 2.45. The van der Waals surface area contributed by atoms with Crippen LogP contribution in [0.1, 0.15) is 35.5 Å². The van der Waals surface area contributed by atoms with Crippen molar-refractivity contribution in [3.8, 4) is 0 Å². The molecule has 0 fully saturated rings. The van der Waals surface area contributed by atoms with Gasteiger partial charge >= 0.3 is 6.18 Å². The summed E-state index contributed by atoms with van der Waals surface area (Å²) in [4.78, 5) is 15.6. The zero-order valence-corrected chi connectivity index (χ0v) is 10.2. The lowest BCUT2D eigenvalue weighted by Crippen LogP contribution is -2.43. The maximum absolute atomic E-state index is 12.8. The number of carbonyl (C=O) groups is 1. The van der Waals surface area contributed by atoms with Crippen molar-refractivity contribution in [1.29, 1.82) is 0 Å². The number of hydrogen-bond acceptors (Lipinski definition) is 3. The molecule has 7 heteroatoms. The van der Waals surface area contributed by atoms with Gasteiger partial charge in [-0.1, -0.05) is 0 Å². The molecule has 0 aliphatic heterocycles. The lowest BCUT2D eigenvalue weighted by atomic mass is 10.1. The van der Waals surface area contributed by atoms with Crippen molar-refractivity contribution in [2.45, 2.75) is 33.0 Å². The van der Waals surface area contributed by atoms with E-state index < -0.39 is 29.3 Å². The van der Waals surface area contributed by atoms with Gasteiger partial charge in [-0.15, -0.1) is 0 Å². The Labute approximate surface area is 103 Å². The third-order valence-electron chi connectivity index (χ3n) is 2.45. The molecule has 1 amide bonds.